The van der Waals surface area contributed by atoms with Gasteiger partial charge < -0.3 is 0 Å². The molecule has 0 unspecified atom stereocenters. The van der Waals surface area contributed by atoms with Crippen molar-refractivity contribution in [3.63, 3.8) is 0 Å². The molecule has 0 bridgehead atoms. The van der Waals surface area contributed by atoms with E-state index in [1.807, 2.05) is 36.5 Å². The average molecular weight is 379 g/mol. The summed E-state index contributed by atoms with van der Waals surface area (Å²) in [6.07, 6.45) is 7.86. The van der Waals surface area contributed by atoms with Crippen LogP contribution >= 0.6 is 0 Å². The summed E-state index contributed by atoms with van der Waals surface area (Å²) < 4.78 is 0. The zero-order valence-electron chi connectivity index (χ0n) is 15.4. The van der Waals surface area contributed by atoms with E-state index in [1.165, 1.54) is 30.4 Å². The van der Waals surface area contributed by atoms with E-state index < -0.39 is 0 Å². The van der Waals surface area contributed by atoms with Crippen LogP contribution < -0.4 is 0 Å². The Bertz CT molecular complexity index is 670. The Hall–Kier alpha value is -1.73. The Morgan fingerprint density at radius 3 is 2.20 bits per heavy atom. The summed E-state index contributed by atoms with van der Waals surface area (Å²) in [5, 5.41) is 0. The van der Waals surface area contributed by atoms with E-state index in [1.54, 1.807) is 0 Å². The van der Waals surface area contributed by atoms with Crippen molar-refractivity contribution < 1.29 is 16.5 Å². The third-order valence-corrected chi connectivity index (χ3v) is 3.88. The standard InChI is InChI=1S/C22H28N2.Ni/c1-4-5-6-8-13-21(17-23-20-11-9-7-10-12-20)24-22-15-18(2)14-19(3)16-22;/h7,9-12,14-17H,4-6,8,13H2,1-3H3;/b23-17+,24-21+;. The molecule has 136 valence electrons. The second kappa shape index (κ2) is 11.8. The van der Waals surface area contributed by atoms with Gasteiger partial charge in [-0.25, -0.2) is 0 Å². The van der Waals surface area contributed by atoms with Gasteiger partial charge in [-0.1, -0.05) is 50.5 Å². The van der Waals surface area contributed by atoms with Crippen molar-refractivity contribution in [2.75, 3.05) is 0 Å². The van der Waals surface area contributed by atoms with E-state index >= 15 is 0 Å². The summed E-state index contributed by atoms with van der Waals surface area (Å²) >= 11 is 0. The number of para-hydroxylation sites is 1. The van der Waals surface area contributed by atoms with Crippen LogP contribution in [0.2, 0.25) is 0 Å². The Morgan fingerprint density at radius 1 is 0.880 bits per heavy atom. The number of unbranched alkanes of at least 4 members (excludes halogenated alkanes) is 3. The number of hydrogen-bond donors (Lipinski definition) is 0. The van der Waals surface area contributed by atoms with Crippen molar-refractivity contribution in [2.24, 2.45) is 9.98 Å². The molecule has 2 rings (SSSR count). The summed E-state index contributed by atoms with van der Waals surface area (Å²) in [5.41, 5.74) is 5.55. The molecule has 0 heterocycles. The maximum atomic E-state index is 4.86. The zero-order chi connectivity index (χ0) is 17.2. The fraction of sp³-hybridized carbons (Fsp3) is 0.364. The van der Waals surface area contributed by atoms with Gasteiger partial charge in [-0.3, -0.25) is 9.98 Å². The predicted octanol–water partition coefficient (Wildman–Crippen LogP) is 6.75. The van der Waals surface area contributed by atoms with Crippen LogP contribution in [0.1, 0.15) is 50.2 Å². The first-order chi connectivity index (χ1) is 11.7. The Labute approximate surface area is 162 Å². The molecule has 0 aliphatic carbocycles. The van der Waals surface area contributed by atoms with E-state index in [-0.39, 0.29) is 16.5 Å². The molecule has 0 saturated carbocycles. The molecule has 2 aromatic rings. The molecule has 0 amide bonds. The van der Waals surface area contributed by atoms with Gasteiger partial charge in [0.1, 0.15) is 0 Å². The number of nitrogens with zero attached hydrogens (tertiary/aromatic N) is 2. The molecule has 2 nitrogen and oxygen atoms in total. The first-order valence-electron chi connectivity index (χ1n) is 8.92. The van der Waals surface area contributed by atoms with Gasteiger partial charge in [0.15, 0.2) is 0 Å². The van der Waals surface area contributed by atoms with Crippen molar-refractivity contribution in [1.82, 2.24) is 0 Å². The minimum absolute atomic E-state index is 0. The van der Waals surface area contributed by atoms with Gasteiger partial charge in [-0.2, -0.15) is 0 Å². The summed E-state index contributed by atoms with van der Waals surface area (Å²) in [4.78, 5) is 9.45. The number of aliphatic imine (C=N–C) groups is 2. The normalized spacial score (nSPS) is 11.6. The number of rotatable bonds is 8. The Morgan fingerprint density at radius 2 is 1.56 bits per heavy atom. The molecule has 0 aromatic heterocycles. The van der Waals surface area contributed by atoms with E-state index in [9.17, 15) is 0 Å². The third-order valence-electron chi connectivity index (χ3n) is 3.88. The topological polar surface area (TPSA) is 24.7 Å². The van der Waals surface area contributed by atoms with Gasteiger partial charge in [-0.15, -0.1) is 0 Å². The first-order valence-corrected chi connectivity index (χ1v) is 8.92. The predicted molar refractivity (Wildman–Crippen MR) is 106 cm³/mol. The van der Waals surface area contributed by atoms with Crippen LogP contribution in [0, 0.1) is 13.8 Å². The van der Waals surface area contributed by atoms with Crippen LogP contribution in [-0.2, 0) is 16.5 Å². The van der Waals surface area contributed by atoms with Gasteiger partial charge in [0.2, 0.25) is 0 Å². The molecular weight excluding hydrogens is 351 g/mol. The van der Waals surface area contributed by atoms with Crippen LogP contribution in [0.3, 0.4) is 0 Å². The molecule has 0 saturated heterocycles. The van der Waals surface area contributed by atoms with Crippen LogP contribution in [0.15, 0.2) is 58.5 Å². The smallest absolute Gasteiger partial charge is 0.0638 e. The second-order valence-electron chi connectivity index (χ2n) is 6.35. The monoisotopic (exact) mass is 378 g/mol. The fourth-order valence-corrected chi connectivity index (χ4v) is 2.73. The van der Waals surface area contributed by atoms with Crippen molar-refractivity contribution in [2.45, 2.75) is 52.9 Å². The SMILES string of the molecule is CCCCCCC(/C=N/c1ccccc1)=N\c1cc(C)cc(C)c1.[Ni]. The molecule has 0 N–H and O–H groups in total. The molecule has 0 spiro atoms. The quantitative estimate of drug-likeness (QED) is 0.276. The zero-order valence-corrected chi connectivity index (χ0v) is 16.4. The molecule has 25 heavy (non-hydrogen) atoms. The van der Waals surface area contributed by atoms with Gasteiger partial charge in [0, 0.05) is 22.7 Å². The van der Waals surface area contributed by atoms with Gasteiger partial charge in [0.25, 0.3) is 0 Å². The van der Waals surface area contributed by atoms with Gasteiger partial charge in [0.05, 0.1) is 17.1 Å². The molecule has 3 heteroatoms. The van der Waals surface area contributed by atoms with E-state index in [2.05, 4.69) is 44.0 Å². The summed E-state index contributed by atoms with van der Waals surface area (Å²) in [6.45, 7) is 6.47. The number of hydrogen-bond acceptors (Lipinski definition) is 2. The Kier molecular flexibility index (Phi) is 10.0. The van der Waals surface area contributed by atoms with Gasteiger partial charge in [-0.05, 0) is 62.1 Å². The van der Waals surface area contributed by atoms with Crippen LogP contribution in [0.4, 0.5) is 11.4 Å². The van der Waals surface area contributed by atoms with Crippen LogP contribution in [-0.4, -0.2) is 11.9 Å². The number of benzene rings is 2. The molecule has 0 radical (unpaired) electrons. The first kappa shape index (κ1) is 21.3. The van der Waals surface area contributed by atoms with E-state index in [0.29, 0.717) is 0 Å². The minimum Gasteiger partial charge on any atom is -0.255 e. The van der Waals surface area contributed by atoms with Crippen molar-refractivity contribution in [1.29, 1.82) is 0 Å². The van der Waals surface area contributed by atoms with Crippen molar-refractivity contribution >= 4 is 23.3 Å². The summed E-state index contributed by atoms with van der Waals surface area (Å²) in [6, 6.07) is 16.5. The van der Waals surface area contributed by atoms with Crippen LogP contribution in [0.5, 0.6) is 0 Å². The number of aryl methyl sites for hydroxylation is 2. The molecular formula is C22H28N2Ni. The summed E-state index contributed by atoms with van der Waals surface area (Å²) in [5.74, 6) is 0. The van der Waals surface area contributed by atoms with E-state index in [4.69, 9.17) is 4.99 Å². The maximum Gasteiger partial charge on any atom is 0.0638 e. The largest absolute Gasteiger partial charge is 0.255 e. The fourth-order valence-electron chi connectivity index (χ4n) is 2.73. The van der Waals surface area contributed by atoms with Crippen molar-refractivity contribution in [3.05, 3.63) is 59.7 Å². The third kappa shape index (κ3) is 8.27. The molecule has 0 aliphatic rings. The average Bonchev–Trinajstić information content (AvgIpc) is 2.56. The van der Waals surface area contributed by atoms with E-state index in [0.717, 1.165) is 29.9 Å². The summed E-state index contributed by atoms with van der Waals surface area (Å²) in [7, 11) is 0. The molecule has 0 fully saturated rings. The maximum absolute atomic E-state index is 4.86. The van der Waals surface area contributed by atoms with Crippen LogP contribution in [0.25, 0.3) is 0 Å². The minimum atomic E-state index is 0. The molecule has 0 atom stereocenters. The second-order valence-corrected chi connectivity index (χ2v) is 6.35. The molecule has 0 aliphatic heterocycles. The Balaban J connectivity index is 0.00000312. The molecule has 2 aromatic carbocycles. The van der Waals surface area contributed by atoms with Crippen molar-refractivity contribution in [3.8, 4) is 0 Å². The van der Waals surface area contributed by atoms with Gasteiger partial charge >= 0.3 is 0 Å².